The number of benzene rings is 1. The van der Waals surface area contributed by atoms with Crippen LogP contribution in [0.25, 0.3) is 0 Å². The normalized spacial score (nSPS) is 10.3. The van der Waals surface area contributed by atoms with Gasteiger partial charge < -0.3 is 5.32 Å². The highest BCUT2D eigenvalue weighted by Gasteiger charge is 2.09. The number of hydrogen-bond donors (Lipinski definition) is 1. The minimum atomic E-state index is -0.126. The summed E-state index contributed by atoms with van der Waals surface area (Å²) in [6.07, 6.45) is 1.90. The Labute approximate surface area is 125 Å². The van der Waals surface area contributed by atoms with E-state index in [-0.39, 0.29) is 12.3 Å². The van der Waals surface area contributed by atoms with Crippen molar-refractivity contribution in [3.8, 4) is 0 Å². The molecule has 0 bridgehead atoms. The Morgan fingerprint density at radius 2 is 2.21 bits per heavy atom. The van der Waals surface area contributed by atoms with Crippen LogP contribution in [0, 0.1) is 6.92 Å². The highest BCUT2D eigenvalue weighted by atomic mass is 79.9. The Hall–Kier alpha value is -1.39. The molecule has 0 aliphatic heterocycles. The molecule has 1 heterocycles. The van der Waals surface area contributed by atoms with E-state index in [0.717, 1.165) is 15.7 Å². The summed E-state index contributed by atoms with van der Waals surface area (Å²) < 4.78 is 0.809. The fourth-order valence-electron chi connectivity index (χ4n) is 1.60. The minimum Gasteiger partial charge on any atom is -0.325 e. The summed E-state index contributed by atoms with van der Waals surface area (Å²) in [7, 11) is 0. The number of carbonyl (C=O) groups excluding carboxylic acids is 1. The van der Waals surface area contributed by atoms with Gasteiger partial charge in [-0.2, -0.15) is 0 Å². The molecule has 3 nitrogen and oxygen atoms in total. The molecule has 0 radical (unpaired) electrons. The van der Waals surface area contributed by atoms with E-state index in [9.17, 15) is 4.79 Å². The molecule has 0 spiro atoms. The molecule has 1 amide bonds. The first-order valence-corrected chi connectivity index (χ1v) is 6.89. The van der Waals surface area contributed by atoms with Gasteiger partial charge in [0.25, 0.3) is 0 Å². The molecule has 2 aromatic rings. The summed E-state index contributed by atoms with van der Waals surface area (Å²) in [5.74, 6) is -0.126. The van der Waals surface area contributed by atoms with Gasteiger partial charge in [0.1, 0.15) is 0 Å². The molecule has 98 valence electrons. The first kappa shape index (κ1) is 14.0. The van der Waals surface area contributed by atoms with Crippen molar-refractivity contribution in [1.29, 1.82) is 0 Å². The molecule has 0 atom stereocenters. The predicted molar refractivity (Wildman–Crippen MR) is 80.5 cm³/mol. The topological polar surface area (TPSA) is 42.0 Å². The molecule has 1 aromatic heterocycles. The highest BCUT2D eigenvalue weighted by molar-refractivity contribution is 9.10. The van der Waals surface area contributed by atoms with Crippen molar-refractivity contribution in [2.75, 3.05) is 5.32 Å². The van der Waals surface area contributed by atoms with E-state index in [1.807, 2.05) is 31.2 Å². The van der Waals surface area contributed by atoms with Crippen LogP contribution in [-0.4, -0.2) is 10.9 Å². The van der Waals surface area contributed by atoms with Crippen LogP contribution >= 0.6 is 27.5 Å². The molecule has 0 unspecified atom stereocenters. The third kappa shape index (κ3) is 3.78. The molecule has 0 aliphatic rings. The molecule has 0 saturated carbocycles. The largest absolute Gasteiger partial charge is 0.325 e. The highest BCUT2D eigenvalue weighted by Crippen LogP contribution is 2.29. The van der Waals surface area contributed by atoms with Gasteiger partial charge in [-0.25, -0.2) is 0 Å². The Balaban J connectivity index is 2.09. The zero-order chi connectivity index (χ0) is 13.8. The number of anilines is 1. The van der Waals surface area contributed by atoms with Crippen molar-refractivity contribution in [1.82, 2.24) is 4.98 Å². The van der Waals surface area contributed by atoms with Gasteiger partial charge in [-0.3, -0.25) is 9.78 Å². The van der Waals surface area contributed by atoms with Crippen LogP contribution in [0.4, 0.5) is 5.69 Å². The molecular weight excluding hydrogens is 328 g/mol. The van der Waals surface area contributed by atoms with E-state index in [0.29, 0.717) is 10.7 Å². The number of nitrogens with one attached hydrogen (secondary N) is 1. The summed E-state index contributed by atoms with van der Waals surface area (Å²) in [6, 6.07) is 9.10. The molecule has 0 aliphatic carbocycles. The van der Waals surface area contributed by atoms with Gasteiger partial charge in [-0.1, -0.05) is 17.7 Å². The van der Waals surface area contributed by atoms with Gasteiger partial charge in [-0.15, -0.1) is 0 Å². The first-order chi connectivity index (χ1) is 9.06. The number of aryl methyl sites for hydroxylation is 1. The lowest BCUT2D eigenvalue weighted by molar-refractivity contribution is -0.115. The number of carbonyl (C=O) groups is 1. The molecule has 0 saturated heterocycles. The molecule has 19 heavy (non-hydrogen) atoms. The zero-order valence-corrected chi connectivity index (χ0v) is 12.6. The Morgan fingerprint density at radius 1 is 1.42 bits per heavy atom. The number of rotatable bonds is 3. The van der Waals surface area contributed by atoms with Gasteiger partial charge in [0.05, 0.1) is 12.1 Å². The maximum atomic E-state index is 11.9. The van der Waals surface area contributed by atoms with E-state index in [1.54, 1.807) is 12.3 Å². The van der Waals surface area contributed by atoms with Crippen molar-refractivity contribution in [3.05, 3.63) is 57.3 Å². The van der Waals surface area contributed by atoms with E-state index < -0.39 is 0 Å². The smallest absolute Gasteiger partial charge is 0.230 e. The second kappa shape index (κ2) is 6.17. The van der Waals surface area contributed by atoms with E-state index >= 15 is 0 Å². The minimum absolute atomic E-state index is 0.126. The van der Waals surface area contributed by atoms with E-state index in [2.05, 4.69) is 26.2 Å². The van der Waals surface area contributed by atoms with Gasteiger partial charge in [-0.05, 0) is 52.7 Å². The number of hydrogen-bond acceptors (Lipinski definition) is 2. The number of nitrogens with zero attached hydrogens (tertiary/aromatic N) is 1. The Morgan fingerprint density at radius 3 is 2.89 bits per heavy atom. The van der Waals surface area contributed by atoms with Gasteiger partial charge in [0, 0.05) is 21.4 Å². The predicted octanol–water partition coefficient (Wildman–Crippen LogP) is 3.99. The van der Waals surface area contributed by atoms with Crippen molar-refractivity contribution in [2.24, 2.45) is 0 Å². The van der Waals surface area contributed by atoms with Crippen molar-refractivity contribution >= 4 is 39.1 Å². The van der Waals surface area contributed by atoms with Crippen LogP contribution < -0.4 is 5.32 Å². The summed E-state index contributed by atoms with van der Waals surface area (Å²) >= 11 is 9.45. The number of pyridine rings is 1. The summed E-state index contributed by atoms with van der Waals surface area (Å²) in [6.45, 7) is 1.91. The zero-order valence-electron chi connectivity index (χ0n) is 10.3. The van der Waals surface area contributed by atoms with Crippen LogP contribution in [0.5, 0.6) is 0 Å². The van der Waals surface area contributed by atoms with E-state index in [4.69, 9.17) is 11.6 Å². The van der Waals surface area contributed by atoms with Crippen LogP contribution in [0.2, 0.25) is 5.02 Å². The van der Waals surface area contributed by atoms with Crippen LogP contribution in [0.3, 0.4) is 0 Å². The summed E-state index contributed by atoms with van der Waals surface area (Å²) in [5.41, 5.74) is 2.35. The van der Waals surface area contributed by atoms with Crippen LogP contribution in [-0.2, 0) is 11.2 Å². The lowest BCUT2D eigenvalue weighted by Gasteiger charge is -2.09. The third-order valence-electron chi connectivity index (χ3n) is 2.59. The fraction of sp³-hybridized carbons (Fsp3) is 0.143. The number of aromatic nitrogens is 1. The van der Waals surface area contributed by atoms with Gasteiger partial charge >= 0.3 is 0 Å². The number of halogens is 2. The van der Waals surface area contributed by atoms with Crippen LogP contribution in [0.1, 0.15) is 11.3 Å². The average molecular weight is 340 g/mol. The molecule has 5 heteroatoms. The summed E-state index contributed by atoms with van der Waals surface area (Å²) in [4.78, 5) is 16.0. The SMILES string of the molecule is Cc1cc(Br)c(NC(=O)Cc2ccccn2)cc1Cl. The monoisotopic (exact) mass is 338 g/mol. The van der Waals surface area contributed by atoms with Crippen molar-refractivity contribution in [3.63, 3.8) is 0 Å². The average Bonchev–Trinajstić information content (AvgIpc) is 2.37. The lowest BCUT2D eigenvalue weighted by Crippen LogP contribution is -2.15. The third-order valence-corrected chi connectivity index (χ3v) is 3.65. The lowest BCUT2D eigenvalue weighted by atomic mass is 10.2. The second-order valence-electron chi connectivity index (χ2n) is 4.13. The van der Waals surface area contributed by atoms with Gasteiger partial charge in [0.15, 0.2) is 0 Å². The maximum absolute atomic E-state index is 11.9. The standard InChI is InChI=1S/C14H12BrClN2O/c1-9-6-11(15)13(8-12(9)16)18-14(19)7-10-4-2-3-5-17-10/h2-6,8H,7H2,1H3,(H,18,19). The van der Waals surface area contributed by atoms with Crippen molar-refractivity contribution in [2.45, 2.75) is 13.3 Å². The second-order valence-corrected chi connectivity index (χ2v) is 5.39. The van der Waals surface area contributed by atoms with E-state index in [1.165, 1.54) is 0 Å². The molecule has 0 fully saturated rings. The Bertz CT molecular complexity index is 602. The molecule has 1 aromatic carbocycles. The number of amides is 1. The Kier molecular flexibility index (Phi) is 4.56. The first-order valence-electron chi connectivity index (χ1n) is 5.71. The maximum Gasteiger partial charge on any atom is 0.230 e. The molecular formula is C14H12BrClN2O. The van der Waals surface area contributed by atoms with Crippen molar-refractivity contribution < 1.29 is 4.79 Å². The van der Waals surface area contributed by atoms with Gasteiger partial charge in [0.2, 0.25) is 5.91 Å². The quantitative estimate of drug-likeness (QED) is 0.919. The van der Waals surface area contributed by atoms with Crippen LogP contribution in [0.15, 0.2) is 41.0 Å². The molecule has 1 N–H and O–H groups in total. The summed E-state index contributed by atoms with van der Waals surface area (Å²) in [5, 5.41) is 3.44. The fourth-order valence-corrected chi connectivity index (χ4v) is 2.32. The molecule has 2 rings (SSSR count).